The first-order valence-electron chi connectivity index (χ1n) is 6.13. The van der Waals surface area contributed by atoms with Crippen LogP contribution in [0.4, 0.5) is 23.7 Å². The number of para-hydroxylation sites is 1. The molecule has 0 radical (unpaired) electrons. The van der Waals surface area contributed by atoms with Gasteiger partial charge in [0.2, 0.25) is 0 Å². The second kappa shape index (κ2) is 5.72. The molecule has 0 bridgehead atoms. The number of halogens is 3. The lowest BCUT2D eigenvalue weighted by Crippen LogP contribution is -2.35. The number of ether oxygens (including phenoxy) is 1. The Morgan fingerprint density at radius 1 is 1.24 bits per heavy atom. The van der Waals surface area contributed by atoms with Crippen molar-refractivity contribution >= 4 is 17.6 Å². The zero-order valence-corrected chi connectivity index (χ0v) is 11.2. The molecule has 2 rings (SSSR count). The molecule has 21 heavy (non-hydrogen) atoms. The second-order valence-corrected chi connectivity index (χ2v) is 4.44. The molecule has 0 atom stereocenters. The normalized spacial score (nSPS) is 16.0. The van der Waals surface area contributed by atoms with Crippen LogP contribution >= 0.6 is 0 Å². The fraction of sp³-hybridized carbons (Fsp3) is 0.385. The molecule has 0 spiro atoms. The predicted molar refractivity (Wildman–Crippen MR) is 67.8 cm³/mol. The number of alkyl halides is 3. The van der Waals surface area contributed by atoms with Crippen LogP contribution in [-0.2, 0) is 15.7 Å². The number of rotatable bonds is 4. The summed E-state index contributed by atoms with van der Waals surface area (Å²) >= 11 is 0. The maximum absolute atomic E-state index is 13.0. The van der Waals surface area contributed by atoms with Crippen LogP contribution in [0.25, 0.3) is 0 Å². The van der Waals surface area contributed by atoms with Crippen LogP contribution < -0.4 is 4.90 Å². The fourth-order valence-electron chi connectivity index (χ4n) is 2.07. The van der Waals surface area contributed by atoms with Crippen LogP contribution in [0.2, 0.25) is 0 Å². The summed E-state index contributed by atoms with van der Waals surface area (Å²) in [7, 11) is 1.43. The Hall–Kier alpha value is -2.09. The number of imide groups is 1. The van der Waals surface area contributed by atoms with E-state index in [9.17, 15) is 22.8 Å². The Bertz CT molecular complexity index is 560. The van der Waals surface area contributed by atoms with E-state index in [0.717, 1.165) is 17.0 Å². The molecule has 1 aromatic rings. The molecule has 5 nitrogen and oxygen atoms in total. The Morgan fingerprint density at radius 2 is 1.90 bits per heavy atom. The van der Waals surface area contributed by atoms with E-state index in [1.165, 1.54) is 19.2 Å². The minimum Gasteiger partial charge on any atom is -0.383 e. The minimum atomic E-state index is -4.64. The van der Waals surface area contributed by atoms with Crippen LogP contribution in [0.3, 0.4) is 0 Å². The van der Waals surface area contributed by atoms with Crippen molar-refractivity contribution in [3.63, 3.8) is 0 Å². The van der Waals surface area contributed by atoms with E-state index in [1.807, 2.05) is 0 Å². The molecule has 0 N–H and O–H groups in total. The first kappa shape index (κ1) is 15.3. The van der Waals surface area contributed by atoms with Crippen LogP contribution in [-0.4, -0.2) is 43.6 Å². The van der Waals surface area contributed by atoms with Gasteiger partial charge in [-0.1, -0.05) is 12.1 Å². The highest BCUT2D eigenvalue weighted by molar-refractivity contribution is 6.20. The third-order valence-corrected chi connectivity index (χ3v) is 3.05. The van der Waals surface area contributed by atoms with E-state index < -0.39 is 29.4 Å². The van der Waals surface area contributed by atoms with E-state index in [0.29, 0.717) is 4.90 Å². The largest absolute Gasteiger partial charge is 0.418 e. The first-order chi connectivity index (χ1) is 9.86. The average molecular weight is 302 g/mol. The van der Waals surface area contributed by atoms with Gasteiger partial charge in [0.05, 0.1) is 17.9 Å². The summed E-state index contributed by atoms with van der Waals surface area (Å²) in [5.41, 5.74) is -1.46. The van der Waals surface area contributed by atoms with E-state index in [1.54, 1.807) is 0 Å². The highest BCUT2D eigenvalue weighted by atomic mass is 19.4. The van der Waals surface area contributed by atoms with Crippen molar-refractivity contribution in [2.75, 3.05) is 31.7 Å². The van der Waals surface area contributed by atoms with Crippen molar-refractivity contribution < 1.29 is 27.5 Å². The van der Waals surface area contributed by atoms with Crippen molar-refractivity contribution in [2.45, 2.75) is 6.18 Å². The average Bonchev–Trinajstić information content (AvgIpc) is 2.70. The van der Waals surface area contributed by atoms with Crippen molar-refractivity contribution in [3.8, 4) is 0 Å². The van der Waals surface area contributed by atoms with Gasteiger partial charge in [-0.2, -0.15) is 13.2 Å². The van der Waals surface area contributed by atoms with Gasteiger partial charge in [0.15, 0.2) is 0 Å². The molecule has 0 aromatic heterocycles. The van der Waals surface area contributed by atoms with Gasteiger partial charge in [0.25, 0.3) is 5.91 Å². The number of carbonyl (C=O) groups is 2. The standard InChI is InChI=1S/C13H13F3N2O3/c1-21-7-6-17-8-11(19)18(12(17)20)10-5-3-2-4-9(10)13(14,15)16/h2-5H,6-8H2,1H3. The lowest BCUT2D eigenvalue weighted by molar-refractivity contribution is -0.137. The lowest BCUT2D eigenvalue weighted by Gasteiger charge is -2.20. The van der Waals surface area contributed by atoms with Gasteiger partial charge in [-0.3, -0.25) is 4.79 Å². The quantitative estimate of drug-likeness (QED) is 0.801. The SMILES string of the molecule is COCCN1CC(=O)N(c2ccccc2C(F)(F)F)C1=O. The molecular formula is C13H13F3N2O3. The summed E-state index contributed by atoms with van der Waals surface area (Å²) in [6.07, 6.45) is -4.64. The minimum absolute atomic E-state index is 0.145. The number of urea groups is 1. The lowest BCUT2D eigenvalue weighted by atomic mass is 10.1. The zero-order chi connectivity index (χ0) is 15.6. The van der Waals surface area contributed by atoms with Crippen LogP contribution in [0.1, 0.15) is 5.56 Å². The summed E-state index contributed by atoms with van der Waals surface area (Å²) in [4.78, 5) is 25.7. The van der Waals surface area contributed by atoms with Gasteiger partial charge in [-0.05, 0) is 12.1 Å². The van der Waals surface area contributed by atoms with Gasteiger partial charge >= 0.3 is 12.2 Å². The van der Waals surface area contributed by atoms with Gasteiger partial charge in [0, 0.05) is 13.7 Å². The molecule has 1 aromatic carbocycles. The highest BCUT2D eigenvalue weighted by Crippen LogP contribution is 2.37. The number of anilines is 1. The van der Waals surface area contributed by atoms with E-state index in [-0.39, 0.29) is 19.7 Å². The highest BCUT2D eigenvalue weighted by Gasteiger charge is 2.42. The first-order valence-corrected chi connectivity index (χ1v) is 6.13. The smallest absolute Gasteiger partial charge is 0.383 e. The van der Waals surface area contributed by atoms with Crippen molar-refractivity contribution in [1.82, 2.24) is 4.90 Å². The summed E-state index contributed by atoms with van der Waals surface area (Å²) in [5, 5.41) is 0. The van der Waals surface area contributed by atoms with Crippen LogP contribution in [0.5, 0.6) is 0 Å². The summed E-state index contributed by atoms with van der Waals surface area (Å²) in [5.74, 6) is -0.687. The molecule has 0 saturated carbocycles. The second-order valence-electron chi connectivity index (χ2n) is 4.44. The monoisotopic (exact) mass is 302 g/mol. The fourth-order valence-corrected chi connectivity index (χ4v) is 2.07. The van der Waals surface area contributed by atoms with Gasteiger partial charge < -0.3 is 9.64 Å². The third kappa shape index (κ3) is 2.99. The summed E-state index contributed by atoms with van der Waals surface area (Å²) < 4.78 is 43.7. The van der Waals surface area contributed by atoms with Crippen LogP contribution in [0, 0.1) is 0 Å². The van der Waals surface area contributed by atoms with Gasteiger partial charge in [0.1, 0.15) is 6.54 Å². The number of carbonyl (C=O) groups excluding carboxylic acids is 2. The van der Waals surface area contributed by atoms with Crippen molar-refractivity contribution in [2.24, 2.45) is 0 Å². The molecular weight excluding hydrogens is 289 g/mol. The molecule has 8 heteroatoms. The van der Waals surface area contributed by atoms with E-state index >= 15 is 0 Å². The Labute approximate surface area is 118 Å². The predicted octanol–water partition coefficient (Wildman–Crippen LogP) is 2.12. The Kier molecular flexibility index (Phi) is 4.17. The molecule has 1 aliphatic rings. The maximum Gasteiger partial charge on any atom is 0.418 e. The molecule has 0 unspecified atom stereocenters. The van der Waals surface area contributed by atoms with Gasteiger partial charge in [-0.15, -0.1) is 0 Å². The molecule has 1 heterocycles. The number of methoxy groups -OCH3 is 1. The van der Waals surface area contributed by atoms with E-state index in [4.69, 9.17) is 4.74 Å². The molecule has 1 fully saturated rings. The number of hydrogen-bond acceptors (Lipinski definition) is 3. The molecule has 3 amide bonds. The summed E-state index contributed by atoms with van der Waals surface area (Å²) in [6.45, 7) is 0.0912. The van der Waals surface area contributed by atoms with Crippen molar-refractivity contribution in [3.05, 3.63) is 29.8 Å². The summed E-state index contributed by atoms with van der Waals surface area (Å²) in [6, 6.07) is 3.74. The van der Waals surface area contributed by atoms with Crippen molar-refractivity contribution in [1.29, 1.82) is 0 Å². The number of nitrogens with zero attached hydrogens (tertiary/aromatic N) is 2. The Morgan fingerprint density at radius 3 is 2.52 bits per heavy atom. The number of hydrogen-bond donors (Lipinski definition) is 0. The molecule has 0 aliphatic carbocycles. The number of benzene rings is 1. The van der Waals surface area contributed by atoms with Gasteiger partial charge in [-0.25, -0.2) is 9.69 Å². The zero-order valence-electron chi connectivity index (χ0n) is 11.2. The molecule has 114 valence electrons. The Balaban J connectivity index is 2.35. The third-order valence-electron chi connectivity index (χ3n) is 3.05. The topological polar surface area (TPSA) is 49.9 Å². The molecule has 1 aliphatic heterocycles. The number of amides is 3. The van der Waals surface area contributed by atoms with Crippen LogP contribution in [0.15, 0.2) is 24.3 Å². The van der Waals surface area contributed by atoms with E-state index in [2.05, 4.69) is 0 Å². The molecule has 1 saturated heterocycles. The maximum atomic E-state index is 13.0.